The number of carbonyl (C=O) groups excluding carboxylic acids is 2. The highest BCUT2D eigenvalue weighted by Gasteiger charge is 2.37. The van der Waals surface area contributed by atoms with Crippen molar-refractivity contribution in [1.82, 2.24) is 14.7 Å². The first-order valence-corrected chi connectivity index (χ1v) is 13.1. The van der Waals surface area contributed by atoms with Gasteiger partial charge in [0, 0.05) is 44.3 Å². The van der Waals surface area contributed by atoms with Crippen molar-refractivity contribution in [3.63, 3.8) is 0 Å². The molecule has 0 aromatic heterocycles. The van der Waals surface area contributed by atoms with Gasteiger partial charge >= 0.3 is 5.97 Å². The van der Waals surface area contributed by atoms with Crippen LogP contribution in [0, 0.1) is 5.92 Å². The fraction of sp³-hybridized carbons (Fsp3) is 0.517. The van der Waals surface area contributed by atoms with Crippen molar-refractivity contribution in [2.24, 2.45) is 5.92 Å². The Kier molecular flexibility index (Phi) is 8.32. The first kappa shape index (κ1) is 26.2. The number of rotatable bonds is 9. The third kappa shape index (κ3) is 6.26. The molecule has 1 N–H and O–H groups in total. The molecule has 2 aromatic rings. The van der Waals surface area contributed by atoms with Gasteiger partial charge in [-0.25, -0.2) is 0 Å². The fourth-order valence-electron chi connectivity index (χ4n) is 5.28. The first-order valence-electron chi connectivity index (χ1n) is 13.1. The molecule has 1 saturated heterocycles. The van der Waals surface area contributed by atoms with E-state index in [9.17, 15) is 14.7 Å². The third-order valence-corrected chi connectivity index (χ3v) is 7.34. The highest BCUT2D eigenvalue weighted by molar-refractivity contribution is 5.96. The molecule has 1 unspecified atom stereocenters. The molecule has 0 bridgehead atoms. The number of likely N-dealkylation sites (N-methyl/N-ethyl adjacent to an activating group) is 1. The second-order valence-corrected chi connectivity index (χ2v) is 10.4. The number of piperazine rings is 1. The second kappa shape index (κ2) is 11.4. The Morgan fingerprint density at radius 2 is 1.75 bits per heavy atom. The predicted molar refractivity (Wildman–Crippen MR) is 140 cm³/mol. The minimum absolute atomic E-state index is 0.0929. The van der Waals surface area contributed by atoms with Crippen LogP contribution in [0.1, 0.15) is 61.1 Å². The van der Waals surface area contributed by atoms with E-state index in [1.165, 1.54) is 24.3 Å². The molecule has 1 aliphatic heterocycles. The molecule has 1 heterocycles. The average molecular weight is 494 g/mol. The number of nitrogens with zero attached hydrogens (tertiary/aromatic N) is 3. The minimum atomic E-state index is -0.422. The van der Waals surface area contributed by atoms with Gasteiger partial charge in [0.1, 0.15) is 12.3 Å². The van der Waals surface area contributed by atoms with Gasteiger partial charge < -0.3 is 14.7 Å². The second-order valence-electron chi connectivity index (χ2n) is 10.4. The number of hydrogen-bond donors (Lipinski definition) is 1. The Bertz CT molecular complexity index is 1070. The number of aromatic hydroxyl groups is 1. The van der Waals surface area contributed by atoms with Gasteiger partial charge in [-0.15, -0.1) is 0 Å². The van der Waals surface area contributed by atoms with Gasteiger partial charge in [0.2, 0.25) is 0 Å². The molecule has 3 atom stereocenters. The molecular weight excluding hydrogens is 454 g/mol. The van der Waals surface area contributed by atoms with E-state index < -0.39 is 5.97 Å². The average Bonchev–Trinajstić information content (AvgIpc) is 3.66. The van der Waals surface area contributed by atoms with E-state index in [0.29, 0.717) is 17.6 Å². The van der Waals surface area contributed by atoms with Gasteiger partial charge in [0.25, 0.3) is 5.91 Å². The highest BCUT2D eigenvalue weighted by atomic mass is 16.5. The van der Waals surface area contributed by atoms with Gasteiger partial charge in [0.15, 0.2) is 0 Å². The molecule has 4 rings (SSSR count). The maximum atomic E-state index is 13.2. The largest absolute Gasteiger partial charge is 0.508 e. The van der Waals surface area contributed by atoms with Gasteiger partial charge in [-0.2, -0.15) is 0 Å². The molecule has 7 nitrogen and oxygen atoms in total. The van der Waals surface area contributed by atoms with E-state index >= 15 is 0 Å². The van der Waals surface area contributed by atoms with Crippen LogP contribution in [-0.4, -0.2) is 83.6 Å². The highest BCUT2D eigenvalue weighted by Crippen LogP contribution is 2.36. The lowest BCUT2D eigenvalue weighted by Gasteiger charge is -2.48. The van der Waals surface area contributed by atoms with Gasteiger partial charge in [-0.05, 0) is 74.9 Å². The molecular formula is C29H39N3O4. The summed E-state index contributed by atoms with van der Waals surface area (Å²) in [7, 11) is 1.61. The summed E-state index contributed by atoms with van der Waals surface area (Å²) in [6.45, 7) is 9.57. The number of esters is 1. The Hall–Kier alpha value is -2.90. The van der Waals surface area contributed by atoms with E-state index in [2.05, 4.69) is 23.6 Å². The van der Waals surface area contributed by atoms with Gasteiger partial charge in [-0.3, -0.25) is 19.4 Å². The lowest BCUT2D eigenvalue weighted by molar-refractivity contribution is -0.143. The molecule has 0 spiro atoms. The third-order valence-electron chi connectivity index (χ3n) is 7.34. The van der Waals surface area contributed by atoms with Crippen LogP contribution in [0.4, 0.5) is 0 Å². The van der Waals surface area contributed by atoms with Gasteiger partial charge in [-0.1, -0.05) is 24.3 Å². The molecule has 2 fully saturated rings. The monoisotopic (exact) mass is 493 g/mol. The summed E-state index contributed by atoms with van der Waals surface area (Å²) >= 11 is 0. The number of hydrogen-bond acceptors (Lipinski definition) is 6. The lowest BCUT2D eigenvalue weighted by atomic mass is 9.92. The number of benzene rings is 2. The van der Waals surface area contributed by atoms with Gasteiger partial charge in [0.05, 0.1) is 12.6 Å². The Morgan fingerprint density at radius 3 is 2.42 bits per heavy atom. The van der Waals surface area contributed by atoms with Crippen LogP contribution in [-0.2, 0) is 9.53 Å². The summed E-state index contributed by atoms with van der Waals surface area (Å²) in [5, 5.41) is 10.3. The molecule has 0 radical (unpaired) electrons. The molecule has 36 heavy (non-hydrogen) atoms. The fourth-order valence-corrected chi connectivity index (χ4v) is 5.28. The smallest absolute Gasteiger partial charge is 0.325 e. The van der Waals surface area contributed by atoms with E-state index in [1.54, 1.807) is 26.1 Å². The zero-order valence-corrected chi connectivity index (χ0v) is 21.9. The Labute approximate surface area is 214 Å². The number of amides is 1. The van der Waals surface area contributed by atoms with Crippen molar-refractivity contribution in [1.29, 1.82) is 0 Å². The minimum Gasteiger partial charge on any atom is -0.508 e. The molecule has 1 aliphatic carbocycles. The lowest BCUT2D eigenvalue weighted by Crippen LogP contribution is -2.57. The van der Waals surface area contributed by atoms with Crippen LogP contribution in [0.3, 0.4) is 0 Å². The standard InChI is InChI=1S/C29H39N3O4/c1-5-36-27(34)19-30(4)29(35)25-10-6-8-23(14-25)28(24-9-7-11-26(33)15-24)32-17-20(2)31(16-21(32)3)18-22-12-13-22/h6-11,14-15,20-22,28,33H,5,12-13,16-19H2,1-4H3/t20-,21+,28?/m1/s1. The van der Waals surface area contributed by atoms with Crippen molar-refractivity contribution < 1.29 is 19.4 Å². The Balaban J connectivity index is 1.62. The quantitative estimate of drug-likeness (QED) is 0.534. The Morgan fingerprint density at radius 1 is 1.06 bits per heavy atom. The zero-order chi connectivity index (χ0) is 25.8. The van der Waals surface area contributed by atoms with Crippen molar-refractivity contribution >= 4 is 11.9 Å². The molecule has 2 aromatic carbocycles. The summed E-state index contributed by atoms with van der Waals surface area (Å²) in [5.41, 5.74) is 2.51. The van der Waals surface area contributed by atoms with E-state index in [-0.39, 0.29) is 30.9 Å². The maximum Gasteiger partial charge on any atom is 0.325 e. The molecule has 194 valence electrons. The van der Waals surface area contributed by atoms with Crippen LogP contribution in [0.25, 0.3) is 0 Å². The van der Waals surface area contributed by atoms with Crippen LogP contribution >= 0.6 is 0 Å². The molecule has 2 aliphatic rings. The van der Waals surface area contributed by atoms with Crippen LogP contribution in [0.5, 0.6) is 5.75 Å². The zero-order valence-electron chi connectivity index (χ0n) is 21.9. The van der Waals surface area contributed by atoms with Crippen LogP contribution < -0.4 is 0 Å². The maximum absolute atomic E-state index is 13.2. The normalized spacial score (nSPS) is 21.7. The summed E-state index contributed by atoms with van der Waals surface area (Å²) in [5.74, 6) is 0.429. The van der Waals surface area contributed by atoms with Crippen molar-refractivity contribution in [3.05, 3.63) is 65.2 Å². The molecule has 7 heteroatoms. The predicted octanol–water partition coefficient (Wildman–Crippen LogP) is 3.92. The van der Waals surface area contributed by atoms with Crippen molar-refractivity contribution in [3.8, 4) is 5.75 Å². The van der Waals surface area contributed by atoms with E-state index in [1.807, 2.05) is 36.4 Å². The van der Waals surface area contributed by atoms with Crippen LogP contribution in [0.15, 0.2) is 48.5 Å². The van der Waals surface area contributed by atoms with Crippen molar-refractivity contribution in [2.45, 2.75) is 51.7 Å². The summed E-state index contributed by atoms with van der Waals surface area (Å²) in [6, 6.07) is 15.7. The SMILES string of the molecule is CCOC(=O)CN(C)C(=O)c1cccc(C(c2cccc(O)c2)N2C[C@@H](C)N(CC3CC3)C[C@@H]2C)c1. The summed E-state index contributed by atoms with van der Waals surface area (Å²) in [6.07, 6.45) is 2.69. The summed E-state index contributed by atoms with van der Waals surface area (Å²) < 4.78 is 5.00. The topological polar surface area (TPSA) is 73.3 Å². The van der Waals surface area contributed by atoms with Crippen LogP contribution in [0.2, 0.25) is 0 Å². The number of ether oxygens (including phenoxy) is 1. The first-order chi connectivity index (χ1) is 17.3. The molecule has 1 saturated carbocycles. The summed E-state index contributed by atoms with van der Waals surface area (Å²) in [4.78, 5) is 31.6. The number of phenolic OH excluding ortho intramolecular Hbond substituents is 1. The number of carbonyl (C=O) groups is 2. The molecule has 1 amide bonds. The van der Waals surface area contributed by atoms with E-state index in [0.717, 1.165) is 30.1 Å². The number of phenols is 1. The van der Waals surface area contributed by atoms with Crippen molar-refractivity contribution in [2.75, 3.05) is 39.8 Å². The van der Waals surface area contributed by atoms with E-state index in [4.69, 9.17) is 4.74 Å².